The molecule has 2 rings (SSSR count). The van der Waals surface area contributed by atoms with Crippen LogP contribution in [0, 0.1) is 6.92 Å². The fraction of sp³-hybridized carbons (Fsp3) is 0.368. The normalized spacial score (nSPS) is 12.7. The average molecular weight is 331 g/mol. The molecule has 0 amide bonds. The van der Waals surface area contributed by atoms with Crippen molar-refractivity contribution < 1.29 is 0 Å². The van der Waals surface area contributed by atoms with E-state index in [1.54, 1.807) is 0 Å². The van der Waals surface area contributed by atoms with E-state index >= 15 is 0 Å². The van der Waals surface area contributed by atoms with Crippen molar-refractivity contribution in [1.29, 1.82) is 0 Å². The molecular weight excluding hydrogens is 308 g/mol. The highest BCUT2D eigenvalue weighted by atomic mass is 79.9. The van der Waals surface area contributed by atoms with Gasteiger partial charge in [0.2, 0.25) is 0 Å². The Morgan fingerprint density at radius 2 is 1.65 bits per heavy atom. The van der Waals surface area contributed by atoms with E-state index in [2.05, 4.69) is 85.2 Å². The molecule has 0 heterocycles. The van der Waals surface area contributed by atoms with Crippen LogP contribution in [0.1, 0.15) is 47.9 Å². The summed E-state index contributed by atoms with van der Waals surface area (Å²) in [5.41, 5.74) is 5.60. The van der Waals surface area contributed by atoms with Crippen molar-refractivity contribution in [2.75, 3.05) is 5.33 Å². The summed E-state index contributed by atoms with van der Waals surface area (Å²) in [4.78, 5) is 0. The third-order valence-electron chi connectivity index (χ3n) is 3.83. The van der Waals surface area contributed by atoms with Gasteiger partial charge in [0.25, 0.3) is 0 Å². The van der Waals surface area contributed by atoms with Crippen molar-refractivity contribution in [2.24, 2.45) is 0 Å². The van der Waals surface area contributed by atoms with Crippen molar-refractivity contribution in [3.63, 3.8) is 0 Å². The molecule has 0 bridgehead atoms. The molecule has 0 aromatic heterocycles. The lowest BCUT2D eigenvalue weighted by atomic mass is 9.91. The van der Waals surface area contributed by atoms with Gasteiger partial charge in [-0.25, -0.2) is 0 Å². The number of aryl methyl sites for hydroxylation is 1. The van der Waals surface area contributed by atoms with E-state index in [0.29, 0.717) is 11.8 Å². The predicted octanol–water partition coefficient (Wildman–Crippen LogP) is 5.84. The molecule has 0 saturated heterocycles. The van der Waals surface area contributed by atoms with Crippen LogP contribution in [0.4, 0.5) is 0 Å². The zero-order chi connectivity index (χ0) is 14.5. The summed E-state index contributed by atoms with van der Waals surface area (Å²) < 4.78 is 0. The van der Waals surface area contributed by atoms with Gasteiger partial charge in [-0.05, 0) is 41.9 Å². The summed E-state index contributed by atoms with van der Waals surface area (Å²) in [6.07, 6.45) is 1.09. The van der Waals surface area contributed by atoms with Crippen LogP contribution in [0.2, 0.25) is 0 Å². The zero-order valence-electron chi connectivity index (χ0n) is 12.6. The van der Waals surface area contributed by atoms with Crippen LogP contribution in [0.25, 0.3) is 0 Å². The van der Waals surface area contributed by atoms with E-state index in [4.69, 9.17) is 0 Å². The lowest BCUT2D eigenvalue weighted by Gasteiger charge is -2.16. The molecule has 0 aliphatic carbocycles. The Hall–Kier alpha value is -1.08. The van der Waals surface area contributed by atoms with Crippen LogP contribution in [0.3, 0.4) is 0 Å². The summed E-state index contributed by atoms with van der Waals surface area (Å²) in [6.45, 7) is 6.64. The Morgan fingerprint density at radius 3 is 2.20 bits per heavy atom. The highest BCUT2D eigenvalue weighted by molar-refractivity contribution is 9.09. The third kappa shape index (κ3) is 3.96. The molecule has 2 aromatic carbocycles. The fourth-order valence-electron chi connectivity index (χ4n) is 2.51. The molecule has 106 valence electrons. The molecule has 0 fully saturated rings. The van der Waals surface area contributed by atoms with Crippen LogP contribution < -0.4 is 0 Å². The molecule has 20 heavy (non-hydrogen) atoms. The number of alkyl halides is 1. The molecule has 0 aliphatic rings. The number of hydrogen-bond donors (Lipinski definition) is 0. The zero-order valence-corrected chi connectivity index (χ0v) is 14.2. The van der Waals surface area contributed by atoms with Gasteiger partial charge in [-0.1, -0.05) is 83.9 Å². The second-order valence-electron chi connectivity index (χ2n) is 5.87. The highest BCUT2D eigenvalue weighted by Crippen LogP contribution is 2.25. The first-order valence-corrected chi connectivity index (χ1v) is 8.43. The minimum Gasteiger partial charge on any atom is -0.0921 e. The van der Waals surface area contributed by atoms with Crippen molar-refractivity contribution >= 4 is 15.9 Å². The number of rotatable bonds is 5. The Labute approximate surface area is 131 Å². The molecule has 0 N–H and O–H groups in total. The first kappa shape index (κ1) is 15.3. The van der Waals surface area contributed by atoms with E-state index < -0.39 is 0 Å². The molecule has 0 saturated carbocycles. The molecular formula is C19H23Br. The van der Waals surface area contributed by atoms with Gasteiger partial charge in [-0.2, -0.15) is 0 Å². The van der Waals surface area contributed by atoms with Crippen LogP contribution in [-0.4, -0.2) is 5.33 Å². The van der Waals surface area contributed by atoms with E-state index in [-0.39, 0.29) is 0 Å². The van der Waals surface area contributed by atoms with Crippen LogP contribution in [-0.2, 0) is 6.42 Å². The lowest BCUT2D eigenvalue weighted by molar-refractivity contribution is 0.772. The summed E-state index contributed by atoms with van der Waals surface area (Å²) >= 11 is 3.67. The minimum atomic E-state index is 0.541. The minimum absolute atomic E-state index is 0.541. The molecule has 0 radical (unpaired) electrons. The second kappa shape index (κ2) is 7.08. The number of halogens is 1. The molecule has 1 heteroatoms. The van der Waals surface area contributed by atoms with Crippen LogP contribution >= 0.6 is 15.9 Å². The fourth-order valence-corrected chi connectivity index (χ4v) is 3.11. The average Bonchev–Trinajstić information content (AvgIpc) is 2.45. The number of benzene rings is 2. The molecule has 1 unspecified atom stereocenters. The van der Waals surface area contributed by atoms with Gasteiger partial charge >= 0.3 is 0 Å². The monoisotopic (exact) mass is 330 g/mol. The Morgan fingerprint density at radius 1 is 0.950 bits per heavy atom. The number of hydrogen-bond acceptors (Lipinski definition) is 0. The van der Waals surface area contributed by atoms with E-state index in [9.17, 15) is 0 Å². The van der Waals surface area contributed by atoms with E-state index in [1.807, 2.05) is 0 Å². The van der Waals surface area contributed by atoms with Gasteiger partial charge in [-0.3, -0.25) is 0 Å². The van der Waals surface area contributed by atoms with Gasteiger partial charge in [0.1, 0.15) is 0 Å². The molecule has 1 atom stereocenters. The quantitative estimate of drug-likeness (QED) is 0.604. The largest absolute Gasteiger partial charge is 0.0921 e. The first-order chi connectivity index (χ1) is 9.60. The summed E-state index contributed by atoms with van der Waals surface area (Å²) in [5, 5.41) is 1.00. The Kier molecular flexibility index (Phi) is 5.42. The van der Waals surface area contributed by atoms with Gasteiger partial charge < -0.3 is 0 Å². The third-order valence-corrected chi connectivity index (χ3v) is 4.61. The van der Waals surface area contributed by atoms with Crippen LogP contribution in [0.15, 0.2) is 48.5 Å². The smallest absolute Gasteiger partial charge is 0.0103 e. The van der Waals surface area contributed by atoms with Gasteiger partial charge in [-0.15, -0.1) is 0 Å². The maximum Gasteiger partial charge on any atom is 0.0103 e. The molecule has 2 aromatic rings. The van der Waals surface area contributed by atoms with Gasteiger partial charge in [0.15, 0.2) is 0 Å². The van der Waals surface area contributed by atoms with E-state index in [1.165, 1.54) is 22.3 Å². The van der Waals surface area contributed by atoms with E-state index in [0.717, 1.165) is 11.8 Å². The van der Waals surface area contributed by atoms with Crippen molar-refractivity contribution in [1.82, 2.24) is 0 Å². The van der Waals surface area contributed by atoms with Crippen LogP contribution in [0.5, 0.6) is 0 Å². The summed E-state index contributed by atoms with van der Waals surface area (Å²) in [6, 6.07) is 17.9. The second-order valence-corrected chi connectivity index (χ2v) is 6.51. The van der Waals surface area contributed by atoms with Gasteiger partial charge in [0.05, 0.1) is 0 Å². The Balaban J connectivity index is 2.14. The lowest BCUT2D eigenvalue weighted by Crippen LogP contribution is -2.05. The first-order valence-electron chi connectivity index (χ1n) is 7.31. The van der Waals surface area contributed by atoms with Crippen molar-refractivity contribution in [3.05, 3.63) is 70.8 Å². The summed E-state index contributed by atoms with van der Waals surface area (Å²) in [5.74, 6) is 1.15. The maximum absolute atomic E-state index is 3.67. The van der Waals surface area contributed by atoms with Crippen molar-refractivity contribution in [3.8, 4) is 0 Å². The topological polar surface area (TPSA) is 0 Å². The standard InChI is InChI=1S/C19H23Br/c1-14(2)17-9-7-16(8-10-17)12-19(13-20)18-6-4-5-15(3)11-18/h4-11,14,19H,12-13H2,1-3H3. The summed E-state index contributed by atoms with van der Waals surface area (Å²) in [7, 11) is 0. The highest BCUT2D eigenvalue weighted by Gasteiger charge is 2.11. The Bertz CT molecular complexity index is 540. The molecule has 0 spiro atoms. The predicted molar refractivity (Wildman–Crippen MR) is 91.9 cm³/mol. The maximum atomic E-state index is 3.67. The SMILES string of the molecule is Cc1cccc(C(CBr)Cc2ccc(C(C)C)cc2)c1. The molecule has 0 nitrogen and oxygen atoms in total. The van der Waals surface area contributed by atoms with Gasteiger partial charge in [0, 0.05) is 5.33 Å². The molecule has 0 aliphatic heterocycles. The van der Waals surface area contributed by atoms with Crippen molar-refractivity contribution in [2.45, 2.75) is 39.0 Å².